The number of rotatable bonds is 7. The van der Waals surface area contributed by atoms with E-state index < -0.39 is 0 Å². The molecule has 6 heteroatoms. The Bertz CT molecular complexity index is 506. The minimum absolute atomic E-state index is 0.0976. The van der Waals surface area contributed by atoms with Crippen molar-refractivity contribution in [2.45, 2.75) is 45.6 Å². The summed E-state index contributed by atoms with van der Waals surface area (Å²) in [6.45, 7) is 3.79. The van der Waals surface area contributed by atoms with Gasteiger partial charge in [-0.3, -0.25) is 9.59 Å². The molecule has 0 aliphatic heterocycles. The summed E-state index contributed by atoms with van der Waals surface area (Å²) in [6.07, 6.45) is 2.37. The van der Waals surface area contributed by atoms with Crippen molar-refractivity contribution in [1.29, 1.82) is 0 Å². The summed E-state index contributed by atoms with van der Waals surface area (Å²) < 4.78 is 0. The number of carbonyl (C=O) groups excluding carboxylic acids is 2. The van der Waals surface area contributed by atoms with Crippen LogP contribution in [0.3, 0.4) is 0 Å². The molecule has 0 bridgehead atoms. The van der Waals surface area contributed by atoms with E-state index in [0.29, 0.717) is 22.8 Å². The third-order valence-corrected chi connectivity index (χ3v) is 3.28. The predicted octanol–water partition coefficient (Wildman–Crippen LogP) is 3.14. The maximum Gasteiger partial charge on any atom is 0.225 e. The number of hydrogen-bond acceptors (Lipinski definition) is 3. The molecule has 1 unspecified atom stereocenters. The Balaban J connectivity index is 2.71. The van der Waals surface area contributed by atoms with Crippen molar-refractivity contribution in [3.63, 3.8) is 0 Å². The molecule has 4 N–H and O–H groups in total. The van der Waals surface area contributed by atoms with Gasteiger partial charge in [0.05, 0.1) is 10.7 Å². The molecule has 0 heterocycles. The monoisotopic (exact) mass is 311 g/mol. The van der Waals surface area contributed by atoms with E-state index in [2.05, 4.69) is 10.6 Å². The minimum atomic E-state index is -0.184. The lowest BCUT2D eigenvalue weighted by atomic mass is 10.1. The van der Waals surface area contributed by atoms with Gasteiger partial charge in [0, 0.05) is 24.6 Å². The van der Waals surface area contributed by atoms with E-state index in [4.69, 9.17) is 17.3 Å². The molecule has 0 spiro atoms. The zero-order valence-electron chi connectivity index (χ0n) is 12.4. The van der Waals surface area contributed by atoms with Crippen LogP contribution in [0.4, 0.5) is 11.4 Å². The summed E-state index contributed by atoms with van der Waals surface area (Å²) in [7, 11) is 0. The number of carbonyl (C=O) groups is 2. The predicted molar refractivity (Wildman–Crippen MR) is 86.5 cm³/mol. The quantitative estimate of drug-likeness (QED) is 0.723. The molecule has 0 aliphatic carbocycles. The highest BCUT2D eigenvalue weighted by atomic mass is 35.5. The number of nitrogens with two attached hydrogens (primary N) is 1. The molecule has 1 rings (SSSR count). The fourth-order valence-corrected chi connectivity index (χ4v) is 2.03. The van der Waals surface area contributed by atoms with Gasteiger partial charge in [0.15, 0.2) is 0 Å². The first-order chi connectivity index (χ1) is 9.96. The van der Waals surface area contributed by atoms with Gasteiger partial charge in [0.2, 0.25) is 11.8 Å². The van der Waals surface area contributed by atoms with E-state index in [1.807, 2.05) is 6.92 Å². The number of halogens is 1. The summed E-state index contributed by atoms with van der Waals surface area (Å²) in [5, 5.41) is 5.87. The van der Waals surface area contributed by atoms with E-state index in [1.54, 1.807) is 25.1 Å². The summed E-state index contributed by atoms with van der Waals surface area (Å²) in [6, 6.07) is 4.80. The van der Waals surface area contributed by atoms with Crippen molar-refractivity contribution in [2.24, 2.45) is 5.73 Å². The van der Waals surface area contributed by atoms with Gasteiger partial charge in [-0.1, -0.05) is 31.9 Å². The molecule has 0 saturated carbocycles. The van der Waals surface area contributed by atoms with Gasteiger partial charge in [-0.2, -0.15) is 0 Å². The third-order valence-electron chi connectivity index (χ3n) is 2.95. The number of hydrogen-bond donors (Lipinski definition) is 3. The lowest BCUT2D eigenvalue weighted by molar-refractivity contribution is -0.117. The number of anilines is 2. The topological polar surface area (TPSA) is 84.2 Å². The Labute approximate surface area is 130 Å². The van der Waals surface area contributed by atoms with Crippen LogP contribution in [0, 0.1) is 0 Å². The average Bonchev–Trinajstić information content (AvgIpc) is 2.42. The van der Waals surface area contributed by atoms with Gasteiger partial charge in [0.1, 0.15) is 0 Å². The molecule has 0 radical (unpaired) electrons. The normalized spacial score (nSPS) is 11.8. The number of amides is 2. The first-order valence-corrected chi connectivity index (χ1v) is 7.48. The van der Waals surface area contributed by atoms with Crippen LogP contribution < -0.4 is 16.4 Å². The average molecular weight is 312 g/mol. The van der Waals surface area contributed by atoms with Crippen molar-refractivity contribution in [1.82, 2.24) is 0 Å². The molecule has 1 aromatic rings. The van der Waals surface area contributed by atoms with Crippen molar-refractivity contribution in [3.8, 4) is 0 Å². The molecule has 116 valence electrons. The summed E-state index contributed by atoms with van der Waals surface area (Å²) in [5.41, 5.74) is 6.91. The highest BCUT2D eigenvalue weighted by molar-refractivity contribution is 6.33. The maximum absolute atomic E-state index is 11.9. The molecule has 1 atom stereocenters. The highest BCUT2D eigenvalue weighted by Crippen LogP contribution is 2.26. The summed E-state index contributed by atoms with van der Waals surface area (Å²) in [4.78, 5) is 23.3. The van der Waals surface area contributed by atoms with Gasteiger partial charge < -0.3 is 16.4 Å². The third kappa shape index (κ3) is 6.14. The molecule has 0 fully saturated rings. The second-order valence-electron chi connectivity index (χ2n) is 4.90. The van der Waals surface area contributed by atoms with Crippen molar-refractivity contribution >= 4 is 34.8 Å². The van der Waals surface area contributed by atoms with Crippen LogP contribution in [-0.2, 0) is 9.59 Å². The first-order valence-electron chi connectivity index (χ1n) is 7.11. The van der Waals surface area contributed by atoms with Gasteiger partial charge in [-0.25, -0.2) is 0 Å². The second kappa shape index (κ2) is 8.64. The zero-order chi connectivity index (χ0) is 15.8. The summed E-state index contributed by atoms with van der Waals surface area (Å²) in [5.74, 6) is -0.281. The van der Waals surface area contributed by atoms with Crippen LogP contribution >= 0.6 is 11.6 Å². The molecule has 0 aromatic heterocycles. The van der Waals surface area contributed by atoms with Crippen LogP contribution in [-0.4, -0.2) is 17.9 Å². The van der Waals surface area contributed by atoms with E-state index in [1.165, 1.54) is 0 Å². The van der Waals surface area contributed by atoms with E-state index in [0.717, 1.165) is 12.8 Å². The largest absolute Gasteiger partial charge is 0.327 e. The van der Waals surface area contributed by atoms with Crippen LogP contribution in [0.15, 0.2) is 18.2 Å². The second-order valence-corrected chi connectivity index (χ2v) is 5.30. The minimum Gasteiger partial charge on any atom is -0.327 e. The highest BCUT2D eigenvalue weighted by Gasteiger charge is 2.11. The number of benzene rings is 1. The van der Waals surface area contributed by atoms with Crippen molar-refractivity contribution < 1.29 is 9.59 Å². The molecular formula is C15H22ClN3O2. The Morgan fingerprint density at radius 3 is 2.57 bits per heavy atom. The fourth-order valence-electron chi connectivity index (χ4n) is 1.86. The van der Waals surface area contributed by atoms with Crippen LogP contribution in [0.5, 0.6) is 0 Å². The standard InChI is InChI=1S/C15H22ClN3O2/c1-3-5-10(17)8-15(21)19-13-9-11(6-7-12(13)16)18-14(20)4-2/h6-7,9-10H,3-5,8,17H2,1-2H3,(H,18,20)(H,19,21). The summed E-state index contributed by atoms with van der Waals surface area (Å²) >= 11 is 6.05. The Morgan fingerprint density at radius 2 is 1.95 bits per heavy atom. The van der Waals surface area contributed by atoms with Gasteiger partial charge >= 0.3 is 0 Å². The van der Waals surface area contributed by atoms with Gasteiger partial charge in [0.25, 0.3) is 0 Å². The molecule has 0 aliphatic rings. The number of nitrogens with one attached hydrogen (secondary N) is 2. The Hall–Kier alpha value is -1.59. The Morgan fingerprint density at radius 1 is 1.24 bits per heavy atom. The van der Waals surface area contributed by atoms with Crippen LogP contribution in [0.2, 0.25) is 5.02 Å². The lowest BCUT2D eigenvalue weighted by Crippen LogP contribution is -2.27. The van der Waals surface area contributed by atoms with Gasteiger partial charge in [-0.05, 0) is 24.6 Å². The fraction of sp³-hybridized carbons (Fsp3) is 0.467. The smallest absolute Gasteiger partial charge is 0.225 e. The van der Waals surface area contributed by atoms with Crippen molar-refractivity contribution in [2.75, 3.05) is 10.6 Å². The lowest BCUT2D eigenvalue weighted by Gasteiger charge is -2.13. The van der Waals surface area contributed by atoms with E-state index in [9.17, 15) is 9.59 Å². The maximum atomic E-state index is 11.9. The van der Waals surface area contributed by atoms with Crippen LogP contribution in [0.25, 0.3) is 0 Å². The van der Waals surface area contributed by atoms with Crippen molar-refractivity contribution in [3.05, 3.63) is 23.2 Å². The SMILES string of the molecule is CCCC(N)CC(=O)Nc1cc(NC(=O)CC)ccc1Cl. The molecule has 5 nitrogen and oxygen atoms in total. The molecule has 21 heavy (non-hydrogen) atoms. The molecule has 2 amide bonds. The van der Waals surface area contributed by atoms with Gasteiger partial charge in [-0.15, -0.1) is 0 Å². The zero-order valence-corrected chi connectivity index (χ0v) is 13.2. The van der Waals surface area contributed by atoms with E-state index in [-0.39, 0.29) is 24.3 Å². The molecule has 1 aromatic carbocycles. The molecule has 0 saturated heterocycles. The van der Waals surface area contributed by atoms with E-state index >= 15 is 0 Å². The van der Waals surface area contributed by atoms with Crippen LogP contribution in [0.1, 0.15) is 39.5 Å². The Kier molecular flexibility index (Phi) is 7.19. The first kappa shape index (κ1) is 17.5. The molecular weight excluding hydrogens is 290 g/mol.